The van der Waals surface area contributed by atoms with E-state index in [2.05, 4.69) is 18.4 Å². The quantitative estimate of drug-likeness (QED) is 0.523. The molecule has 1 amide bonds. The summed E-state index contributed by atoms with van der Waals surface area (Å²) in [5, 5.41) is 0. The van der Waals surface area contributed by atoms with Gasteiger partial charge in [-0.2, -0.15) is 30.2 Å². The van der Waals surface area contributed by atoms with Gasteiger partial charge in [0.25, 0.3) is 5.91 Å². The topological polar surface area (TPSA) is 43.1 Å². The van der Waals surface area contributed by atoms with E-state index in [1.165, 1.54) is 0 Å². The molecule has 0 aromatic rings. The molecule has 0 radical (unpaired) electrons. The lowest BCUT2D eigenvalue weighted by Gasteiger charge is -2.22. The standard InChI is InChI=1S/C5H7F4NOS/c6-4(7,1-2-12)5(8,9)3(10)11/h12H,1-2H2,(H2,10,11). The van der Waals surface area contributed by atoms with Crippen molar-refractivity contribution in [3.63, 3.8) is 0 Å². The molecule has 0 heterocycles. The van der Waals surface area contributed by atoms with Crippen LogP contribution in [0.1, 0.15) is 6.42 Å². The first-order valence-corrected chi connectivity index (χ1v) is 3.55. The maximum atomic E-state index is 12.4. The van der Waals surface area contributed by atoms with Crippen molar-refractivity contribution in [3.05, 3.63) is 0 Å². The second-order valence-corrected chi connectivity index (χ2v) is 2.56. The molecular weight excluding hydrogens is 198 g/mol. The van der Waals surface area contributed by atoms with E-state index in [-0.39, 0.29) is 0 Å². The zero-order chi connectivity index (χ0) is 9.99. The maximum absolute atomic E-state index is 12.4. The summed E-state index contributed by atoms with van der Waals surface area (Å²) in [6.07, 6.45) is -1.19. The Morgan fingerprint density at radius 3 is 2.00 bits per heavy atom. The molecule has 7 heteroatoms. The van der Waals surface area contributed by atoms with Crippen LogP contribution in [0.3, 0.4) is 0 Å². The van der Waals surface area contributed by atoms with Gasteiger partial charge < -0.3 is 5.73 Å². The molecule has 0 spiro atoms. The van der Waals surface area contributed by atoms with Gasteiger partial charge in [-0.25, -0.2) is 0 Å². The summed E-state index contributed by atoms with van der Waals surface area (Å²) in [4.78, 5) is 9.91. The Labute approximate surface area is 71.5 Å². The first-order chi connectivity index (χ1) is 5.25. The molecule has 0 fully saturated rings. The number of hydrogen-bond acceptors (Lipinski definition) is 2. The van der Waals surface area contributed by atoms with Crippen molar-refractivity contribution in [1.82, 2.24) is 0 Å². The maximum Gasteiger partial charge on any atom is 0.386 e. The lowest BCUT2D eigenvalue weighted by molar-refractivity contribution is -0.207. The zero-order valence-electron chi connectivity index (χ0n) is 5.86. The van der Waals surface area contributed by atoms with Gasteiger partial charge in [-0.05, 0) is 5.75 Å². The fourth-order valence-electron chi connectivity index (χ4n) is 0.478. The van der Waals surface area contributed by atoms with Crippen LogP contribution in [0.4, 0.5) is 17.6 Å². The largest absolute Gasteiger partial charge is 0.386 e. The Kier molecular flexibility index (Phi) is 3.37. The van der Waals surface area contributed by atoms with Gasteiger partial charge in [-0.3, -0.25) is 4.79 Å². The number of alkyl halides is 4. The number of amides is 1. The molecule has 0 unspecified atom stereocenters. The fraction of sp³-hybridized carbons (Fsp3) is 0.800. The van der Waals surface area contributed by atoms with E-state index >= 15 is 0 Å². The third-order valence-electron chi connectivity index (χ3n) is 1.19. The molecule has 2 nitrogen and oxygen atoms in total. The molecule has 0 bridgehead atoms. The van der Waals surface area contributed by atoms with E-state index in [9.17, 15) is 22.4 Å². The highest BCUT2D eigenvalue weighted by atomic mass is 32.1. The van der Waals surface area contributed by atoms with E-state index in [1.807, 2.05) is 0 Å². The van der Waals surface area contributed by atoms with Crippen LogP contribution in [0.15, 0.2) is 0 Å². The third kappa shape index (κ3) is 2.02. The minimum absolute atomic E-state index is 0.449. The van der Waals surface area contributed by atoms with Crippen molar-refractivity contribution in [1.29, 1.82) is 0 Å². The molecule has 2 N–H and O–H groups in total. The molecular formula is C5H7F4NOS. The Hall–Kier alpha value is -0.460. The highest BCUT2D eigenvalue weighted by Gasteiger charge is 2.60. The van der Waals surface area contributed by atoms with Crippen LogP contribution in [0, 0.1) is 0 Å². The Morgan fingerprint density at radius 2 is 1.75 bits per heavy atom. The highest BCUT2D eigenvalue weighted by Crippen LogP contribution is 2.36. The van der Waals surface area contributed by atoms with Gasteiger partial charge in [0.2, 0.25) is 0 Å². The van der Waals surface area contributed by atoms with Gasteiger partial charge in [0, 0.05) is 6.42 Å². The summed E-state index contributed by atoms with van der Waals surface area (Å²) in [5.41, 5.74) is 4.09. The lowest BCUT2D eigenvalue weighted by Crippen LogP contribution is -2.50. The van der Waals surface area contributed by atoms with Gasteiger partial charge in [0.15, 0.2) is 0 Å². The van der Waals surface area contributed by atoms with E-state index < -0.39 is 29.9 Å². The van der Waals surface area contributed by atoms with Gasteiger partial charge in [0.1, 0.15) is 0 Å². The van der Waals surface area contributed by atoms with Crippen molar-refractivity contribution in [3.8, 4) is 0 Å². The van der Waals surface area contributed by atoms with Gasteiger partial charge in [0.05, 0.1) is 0 Å². The minimum Gasteiger partial charge on any atom is -0.364 e. The first kappa shape index (κ1) is 11.5. The van der Waals surface area contributed by atoms with E-state index in [0.29, 0.717) is 0 Å². The Bertz CT molecular complexity index is 184. The average molecular weight is 205 g/mol. The van der Waals surface area contributed by atoms with Crippen molar-refractivity contribution >= 4 is 18.5 Å². The molecule has 72 valence electrons. The van der Waals surface area contributed by atoms with Crippen LogP contribution in [0.2, 0.25) is 0 Å². The van der Waals surface area contributed by atoms with E-state index in [1.54, 1.807) is 0 Å². The molecule has 0 aliphatic heterocycles. The molecule has 0 rings (SSSR count). The number of primary amides is 1. The smallest absolute Gasteiger partial charge is 0.364 e. The summed E-state index contributed by atoms with van der Waals surface area (Å²) in [7, 11) is 0. The number of rotatable bonds is 4. The number of halogens is 4. The van der Waals surface area contributed by atoms with Crippen molar-refractivity contribution < 1.29 is 22.4 Å². The number of carbonyl (C=O) groups is 1. The van der Waals surface area contributed by atoms with Gasteiger partial charge >= 0.3 is 11.8 Å². The van der Waals surface area contributed by atoms with Crippen LogP contribution in [0.25, 0.3) is 0 Å². The molecule has 0 aliphatic carbocycles. The molecule has 0 aromatic carbocycles. The second kappa shape index (κ2) is 3.51. The summed E-state index contributed by atoms with van der Waals surface area (Å²) in [5.74, 6) is -12.0. The normalized spacial score (nSPS) is 13.1. The molecule has 0 aliphatic rings. The summed E-state index contributed by atoms with van der Waals surface area (Å²) >= 11 is 3.35. The highest BCUT2D eigenvalue weighted by molar-refractivity contribution is 7.80. The fourth-order valence-corrected chi connectivity index (χ4v) is 0.758. The average Bonchev–Trinajstić information content (AvgIpc) is 1.86. The molecule has 0 saturated carbocycles. The van der Waals surface area contributed by atoms with Gasteiger partial charge in [-0.1, -0.05) is 0 Å². The predicted octanol–water partition coefficient (Wildman–Crippen LogP) is 1.06. The van der Waals surface area contributed by atoms with Crippen LogP contribution in [0.5, 0.6) is 0 Å². The van der Waals surface area contributed by atoms with Crippen LogP contribution in [-0.2, 0) is 4.79 Å². The van der Waals surface area contributed by atoms with Crippen molar-refractivity contribution in [2.75, 3.05) is 5.75 Å². The molecule has 0 aromatic heterocycles. The summed E-state index contributed by atoms with van der Waals surface area (Å²) in [6, 6.07) is 0. The molecule has 0 atom stereocenters. The second-order valence-electron chi connectivity index (χ2n) is 2.12. The number of nitrogens with two attached hydrogens (primary N) is 1. The zero-order valence-corrected chi connectivity index (χ0v) is 6.75. The third-order valence-corrected chi connectivity index (χ3v) is 1.42. The van der Waals surface area contributed by atoms with Crippen LogP contribution >= 0.6 is 12.6 Å². The SMILES string of the molecule is NC(=O)C(F)(F)C(F)(F)CCS. The van der Waals surface area contributed by atoms with E-state index in [0.717, 1.165) is 0 Å². The molecule has 12 heavy (non-hydrogen) atoms. The van der Waals surface area contributed by atoms with E-state index in [4.69, 9.17) is 0 Å². The van der Waals surface area contributed by atoms with Crippen molar-refractivity contribution in [2.24, 2.45) is 5.73 Å². The minimum atomic E-state index is -4.80. The Balaban J connectivity index is 4.62. The van der Waals surface area contributed by atoms with Gasteiger partial charge in [-0.15, -0.1) is 0 Å². The summed E-state index contributed by atoms with van der Waals surface area (Å²) < 4.78 is 49.2. The predicted molar refractivity (Wildman–Crippen MR) is 37.6 cm³/mol. The first-order valence-electron chi connectivity index (χ1n) is 2.92. The lowest BCUT2D eigenvalue weighted by atomic mass is 10.1. The van der Waals surface area contributed by atoms with Crippen molar-refractivity contribution in [2.45, 2.75) is 18.3 Å². The number of hydrogen-bond donors (Lipinski definition) is 2. The molecule has 0 saturated heterocycles. The Morgan fingerprint density at radius 1 is 1.33 bits per heavy atom. The van der Waals surface area contributed by atoms with Crippen LogP contribution in [-0.4, -0.2) is 23.5 Å². The summed E-state index contributed by atoms with van der Waals surface area (Å²) in [6.45, 7) is 0. The van der Waals surface area contributed by atoms with Crippen LogP contribution < -0.4 is 5.73 Å². The number of carbonyl (C=O) groups excluding carboxylic acids is 1. The monoisotopic (exact) mass is 205 g/mol. The number of thiol groups is 1.